The Balaban J connectivity index is 1.79. The van der Waals surface area contributed by atoms with Gasteiger partial charge in [-0.3, -0.25) is 0 Å². The largest absolute Gasteiger partial charge is 0.323 e. The zero-order valence-corrected chi connectivity index (χ0v) is 10.7. The Hall–Kier alpha value is -1.23. The first kappa shape index (κ1) is 12.2. The van der Waals surface area contributed by atoms with Crippen LogP contribution in [-0.2, 0) is 6.54 Å². The summed E-state index contributed by atoms with van der Waals surface area (Å²) >= 11 is 1.72. The summed E-state index contributed by atoms with van der Waals surface area (Å²) in [5.41, 5.74) is 7.26. The number of thiazole rings is 1. The molecule has 4 heteroatoms. The minimum absolute atomic E-state index is 0.0465. The molecule has 1 aromatic heterocycles. The van der Waals surface area contributed by atoms with Crippen molar-refractivity contribution in [3.8, 4) is 0 Å². The minimum atomic E-state index is 0.0465. The van der Waals surface area contributed by atoms with Gasteiger partial charge < -0.3 is 11.1 Å². The second-order valence-electron chi connectivity index (χ2n) is 3.99. The molecule has 0 saturated carbocycles. The number of hydrogen-bond acceptors (Lipinski definition) is 4. The molecule has 0 fully saturated rings. The summed E-state index contributed by atoms with van der Waals surface area (Å²) in [7, 11) is 0. The van der Waals surface area contributed by atoms with Crippen LogP contribution in [0, 0.1) is 6.92 Å². The first-order chi connectivity index (χ1) is 8.25. The second-order valence-corrected chi connectivity index (χ2v) is 5.31. The summed E-state index contributed by atoms with van der Waals surface area (Å²) in [6.45, 7) is 3.64. The van der Waals surface area contributed by atoms with Crippen molar-refractivity contribution in [1.82, 2.24) is 10.3 Å². The number of rotatable bonds is 5. The molecule has 0 aliphatic heterocycles. The Morgan fingerprint density at radius 2 is 2.12 bits per heavy atom. The highest BCUT2D eigenvalue weighted by molar-refractivity contribution is 7.11. The molecule has 2 rings (SSSR count). The van der Waals surface area contributed by atoms with Crippen molar-refractivity contribution in [2.45, 2.75) is 19.5 Å². The summed E-state index contributed by atoms with van der Waals surface area (Å²) in [5.74, 6) is 0. The van der Waals surface area contributed by atoms with Crippen molar-refractivity contribution in [2.24, 2.45) is 5.73 Å². The van der Waals surface area contributed by atoms with Gasteiger partial charge in [0.05, 0.1) is 5.01 Å². The molecule has 1 aromatic carbocycles. The van der Waals surface area contributed by atoms with Crippen molar-refractivity contribution < 1.29 is 0 Å². The SMILES string of the molecule is Cc1ncc(CNCC(N)c2ccccc2)s1. The van der Waals surface area contributed by atoms with Crippen molar-refractivity contribution >= 4 is 11.3 Å². The smallest absolute Gasteiger partial charge is 0.0897 e. The van der Waals surface area contributed by atoms with Crippen LogP contribution in [0.4, 0.5) is 0 Å². The molecule has 0 radical (unpaired) electrons. The fraction of sp³-hybridized carbons (Fsp3) is 0.308. The van der Waals surface area contributed by atoms with Gasteiger partial charge in [-0.1, -0.05) is 30.3 Å². The Bertz CT molecular complexity index is 453. The summed E-state index contributed by atoms with van der Waals surface area (Å²) in [5, 5.41) is 4.46. The van der Waals surface area contributed by atoms with Crippen LogP contribution in [0.5, 0.6) is 0 Å². The Morgan fingerprint density at radius 3 is 2.76 bits per heavy atom. The van der Waals surface area contributed by atoms with Gasteiger partial charge in [0.15, 0.2) is 0 Å². The van der Waals surface area contributed by atoms with E-state index in [0.717, 1.165) is 18.1 Å². The molecule has 17 heavy (non-hydrogen) atoms. The highest BCUT2D eigenvalue weighted by Crippen LogP contribution is 2.12. The van der Waals surface area contributed by atoms with Crippen molar-refractivity contribution in [3.05, 3.63) is 52.0 Å². The van der Waals surface area contributed by atoms with Crippen molar-refractivity contribution in [1.29, 1.82) is 0 Å². The predicted octanol–water partition coefficient (Wildman–Crippen LogP) is 2.24. The average molecular weight is 247 g/mol. The number of aromatic nitrogens is 1. The van der Waals surface area contributed by atoms with E-state index in [-0.39, 0.29) is 6.04 Å². The summed E-state index contributed by atoms with van der Waals surface area (Å²) in [6, 6.07) is 10.2. The Kier molecular flexibility index (Phi) is 4.25. The monoisotopic (exact) mass is 247 g/mol. The van der Waals surface area contributed by atoms with Crippen LogP contribution in [-0.4, -0.2) is 11.5 Å². The van der Waals surface area contributed by atoms with Gasteiger partial charge in [-0.25, -0.2) is 4.98 Å². The first-order valence-corrected chi connectivity index (χ1v) is 6.50. The highest BCUT2D eigenvalue weighted by atomic mass is 32.1. The normalized spacial score (nSPS) is 12.6. The molecule has 0 bridgehead atoms. The van der Waals surface area contributed by atoms with E-state index in [1.165, 1.54) is 10.4 Å². The minimum Gasteiger partial charge on any atom is -0.323 e. The molecule has 3 N–H and O–H groups in total. The lowest BCUT2D eigenvalue weighted by Gasteiger charge is -2.12. The molecule has 1 heterocycles. The van der Waals surface area contributed by atoms with Crippen molar-refractivity contribution in [3.63, 3.8) is 0 Å². The van der Waals surface area contributed by atoms with E-state index in [2.05, 4.69) is 22.4 Å². The zero-order chi connectivity index (χ0) is 12.1. The van der Waals surface area contributed by atoms with Gasteiger partial charge in [-0.05, 0) is 12.5 Å². The lowest BCUT2D eigenvalue weighted by molar-refractivity contribution is 0.601. The maximum atomic E-state index is 6.09. The van der Waals surface area contributed by atoms with Crippen LogP contribution in [0.15, 0.2) is 36.5 Å². The molecule has 3 nitrogen and oxygen atoms in total. The fourth-order valence-electron chi connectivity index (χ4n) is 1.66. The van der Waals surface area contributed by atoms with E-state index in [0.29, 0.717) is 0 Å². The van der Waals surface area contributed by atoms with Gasteiger partial charge in [0, 0.05) is 30.2 Å². The number of nitrogens with two attached hydrogens (primary N) is 1. The van der Waals surface area contributed by atoms with Gasteiger partial charge in [0.25, 0.3) is 0 Å². The molecule has 2 aromatic rings. The predicted molar refractivity (Wildman–Crippen MR) is 71.9 cm³/mol. The van der Waals surface area contributed by atoms with E-state index in [9.17, 15) is 0 Å². The van der Waals surface area contributed by atoms with Crippen LogP contribution < -0.4 is 11.1 Å². The third-order valence-corrected chi connectivity index (χ3v) is 3.47. The van der Waals surface area contributed by atoms with Gasteiger partial charge in [0.2, 0.25) is 0 Å². The van der Waals surface area contributed by atoms with Gasteiger partial charge in [-0.15, -0.1) is 11.3 Å². The Morgan fingerprint density at radius 1 is 1.35 bits per heavy atom. The molecule has 0 spiro atoms. The van der Waals surface area contributed by atoms with Crippen LogP contribution in [0.2, 0.25) is 0 Å². The van der Waals surface area contributed by atoms with E-state index >= 15 is 0 Å². The number of hydrogen-bond donors (Lipinski definition) is 2. The van der Waals surface area contributed by atoms with Gasteiger partial charge in [0.1, 0.15) is 0 Å². The standard InChI is InChI=1S/C13H17N3S/c1-10-16-8-12(17-10)7-15-9-13(14)11-5-3-2-4-6-11/h2-6,8,13,15H,7,9,14H2,1H3. The first-order valence-electron chi connectivity index (χ1n) is 5.68. The van der Waals surface area contributed by atoms with Crippen LogP contribution in [0.3, 0.4) is 0 Å². The number of nitrogens with one attached hydrogen (secondary N) is 1. The maximum absolute atomic E-state index is 6.09. The zero-order valence-electron chi connectivity index (χ0n) is 9.89. The van der Waals surface area contributed by atoms with Crippen molar-refractivity contribution in [2.75, 3.05) is 6.54 Å². The molecule has 1 unspecified atom stereocenters. The summed E-state index contributed by atoms with van der Waals surface area (Å²) in [6.07, 6.45) is 1.92. The second kappa shape index (κ2) is 5.91. The molecule has 0 amide bonds. The topological polar surface area (TPSA) is 50.9 Å². The van der Waals surface area contributed by atoms with Gasteiger partial charge in [-0.2, -0.15) is 0 Å². The number of aryl methyl sites for hydroxylation is 1. The van der Waals surface area contributed by atoms with Crippen LogP contribution in [0.1, 0.15) is 21.5 Å². The summed E-state index contributed by atoms with van der Waals surface area (Å²) in [4.78, 5) is 5.47. The Labute approximate surface area is 106 Å². The number of benzene rings is 1. The molecule has 1 atom stereocenters. The number of nitrogens with zero attached hydrogens (tertiary/aromatic N) is 1. The lowest BCUT2D eigenvalue weighted by atomic mass is 10.1. The lowest BCUT2D eigenvalue weighted by Crippen LogP contribution is -2.26. The average Bonchev–Trinajstić information content (AvgIpc) is 2.76. The third kappa shape index (κ3) is 3.63. The quantitative estimate of drug-likeness (QED) is 0.852. The van der Waals surface area contributed by atoms with E-state index in [1.54, 1.807) is 11.3 Å². The molecule has 0 saturated heterocycles. The molecular formula is C13H17N3S. The van der Waals surface area contributed by atoms with E-state index in [1.807, 2.05) is 31.3 Å². The maximum Gasteiger partial charge on any atom is 0.0897 e. The van der Waals surface area contributed by atoms with E-state index in [4.69, 9.17) is 5.73 Å². The molecule has 0 aliphatic rings. The molecule has 90 valence electrons. The third-order valence-electron chi connectivity index (χ3n) is 2.56. The highest BCUT2D eigenvalue weighted by Gasteiger charge is 2.04. The molecule has 0 aliphatic carbocycles. The molecular weight excluding hydrogens is 230 g/mol. The van der Waals surface area contributed by atoms with Gasteiger partial charge >= 0.3 is 0 Å². The summed E-state index contributed by atoms with van der Waals surface area (Å²) < 4.78 is 0. The van der Waals surface area contributed by atoms with Crippen LogP contribution in [0.25, 0.3) is 0 Å². The van der Waals surface area contributed by atoms with Crippen LogP contribution >= 0.6 is 11.3 Å². The fourth-order valence-corrected chi connectivity index (χ4v) is 2.42. The van der Waals surface area contributed by atoms with E-state index < -0.39 is 0 Å².